The molecule has 0 amide bonds. The molecule has 1 aromatic heterocycles. The Bertz CT molecular complexity index is 365. The second kappa shape index (κ2) is 4.07. The number of aromatic nitrogens is 2. The lowest BCUT2D eigenvalue weighted by Gasteiger charge is -2.02. The number of carbonyl (C=O) groups is 1. The molecule has 1 rings (SSSR count). The summed E-state index contributed by atoms with van der Waals surface area (Å²) in [5.74, 6) is -1.14. The van der Waals surface area contributed by atoms with Crippen molar-refractivity contribution in [3.63, 3.8) is 0 Å². The fourth-order valence-electron chi connectivity index (χ4n) is 1.16. The lowest BCUT2D eigenvalue weighted by Crippen LogP contribution is -2.07. The first-order chi connectivity index (χ1) is 6.91. The number of carboxylic acids is 1. The van der Waals surface area contributed by atoms with Crippen molar-refractivity contribution in [1.82, 2.24) is 9.78 Å². The molecular formula is C8H11N3O4. The summed E-state index contributed by atoms with van der Waals surface area (Å²) in [6, 6.07) is 0. The number of nitro groups is 1. The van der Waals surface area contributed by atoms with Gasteiger partial charge in [-0.1, -0.05) is 13.8 Å². The summed E-state index contributed by atoms with van der Waals surface area (Å²) in [6.07, 6.45) is 1.14. The van der Waals surface area contributed by atoms with Gasteiger partial charge in [-0.25, -0.2) is 4.79 Å². The first-order valence-corrected chi connectivity index (χ1v) is 4.37. The molecule has 0 fully saturated rings. The maximum absolute atomic E-state index is 10.6. The summed E-state index contributed by atoms with van der Waals surface area (Å²) in [7, 11) is 0. The van der Waals surface area contributed by atoms with Crippen LogP contribution in [0.4, 0.5) is 5.69 Å². The molecule has 1 N–H and O–H groups in total. The maximum Gasteiger partial charge on any atom is 0.363 e. The monoisotopic (exact) mass is 213 g/mol. The second-order valence-corrected chi connectivity index (χ2v) is 3.54. The quantitative estimate of drug-likeness (QED) is 0.597. The van der Waals surface area contributed by atoms with Gasteiger partial charge in [0, 0.05) is 6.54 Å². The van der Waals surface area contributed by atoms with Crippen LogP contribution in [0.25, 0.3) is 0 Å². The third-order valence-corrected chi connectivity index (χ3v) is 1.69. The smallest absolute Gasteiger partial charge is 0.363 e. The van der Waals surface area contributed by atoms with E-state index in [1.807, 2.05) is 13.8 Å². The molecule has 0 aromatic carbocycles. The molecule has 0 atom stereocenters. The maximum atomic E-state index is 10.6. The minimum atomic E-state index is -1.38. The van der Waals surface area contributed by atoms with Crippen molar-refractivity contribution >= 4 is 11.7 Å². The van der Waals surface area contributed by atoms with E-state index in [2.05, 4.69) is 5.10 Å². The molecule has 82 valence electrons. The van der Waals surface area contributed by atoms with E-state index in [-0.39, 0.29) is 5.92 Å². The average Bonchev–Trinajstić information content (AvgIpc) is 2.46. The van der Waals surface area contributed by atoms with Crippen molar-refractivity contribution in [2.45, 2.75) is 20.4 Å². The average molecular weight is 213 g/mol. The Labute approximate surface area is 85.5 Å². The molecule has 1 aromatic rings. The van der Waals surface area contributed by atoms with Crippen LogP contribution in [0.3, 0.4) is 0 Å². The summed E-state index contributed by atoms with van der Waals surface area (Å²) in [4.78, 5) is 20.4. The van der Waals surface area contributed by atoms with Crippen LogP contribution in [0.15, 0.2) is 6.20 Å². The highest BCUT2D eigenvalue weighted by atomic mass is 16.6. The molecule has 0 bridgehead atoms. The van der Waals surface area contributed by atoms with Gasteiger partial charge >= 0.3 is 11.7 Å². The normalized spacial score (nSPS) is 10.6. The van der Waals surface area contributed by atoms with Crippen LogP contribution in [0.5, 0.6) is 0 Å². The van der Waals surface area contributed by atoms with Gasteiger partial charge in [0.15, 0.2) is 0 Å². The van der Waals surface area contributed by atoms with E-state index in [1.165, 1.54) is 4.68 Å². The van der Waals surface area contributed by atoms with Gasteiger partial charge in [-0.15, -0.1) is 0 Å². The van der Waals surface area contributed by atoms with Gasteiger partial charge in [0.2, 0.25) is 5.69 Å². The van der Waals surface area contributed by atoms with E-state index in [0.29, 0.717) is 6.54 Å². The Morgan fingerprint density at radius 2 is 2.33 bits per heavy atom. The molecule has 0 saturated carbocycles. The first kappa shape index (κ1) is 11.2. The minimum absolute atomic E-state index is 0.242. The Kier molecular flexibility index (Phi) is 3.03. The third-order valence-electron chi connectivity index (χ3n) is 1.69. The summed E-state index contributed by atoms with van der Waals surface area (Å²) in [5.41, 5.74) is -0.983. The topological polar surface area (TPSA) is 98.3 Å². The molecule has 0 unspecified atom stereocenters. The summed E-state index contributed by atoms with van der Waals surface area (Å²) < 4.78 is 1.28. The van der Waals surface area contributed by atoms with Crippen LogP contribution in [0, 0.1) is 16.0 Å². The van der Waals surface area contributed by atoms with Gasteiger partial charge in [-0.2, -0.15) is 5.10 Å². The molecular weight excluding hydrogens is 202 g/mol. The zero-order valence-electron chi connectivity index (χ0n) is 8.38. The SMILES string of the molecule is CC(C)Cn1cc([N+](=O)[O-])c(C(=O)O)n1. The third kappa shape index (κ3) is 2.52. The number of hydrogen-bond donors (Lipinski definition) is 1. The Morgan fingerprint density at radius 1 is 1.73 bits per heavy atom. The van der Waals surface area contributed by atoms with Crippen molar-refractivity contribution in [3.8, 4) is 0 Å². The molecule has 1 heterocycles. The van der Waals surface area contributed by atoms with Gasteiger partial charge in [-0.05, 0) is 5.92 Å². The van der Waals surface area contributed by atoms with Gasteiger partial charge in [0.25, 0.3) is 0 Å². The Morgan fingerprint density at radius 3 is 2.67 bits per heavy atom. The molecule has 0 aliphatic rings. The van der Waals surface area contributed by atoms with Gasteiger partial charge in [0.05, 0.1) is 4.92 Å². The fraction of sp³-hybridized carbons (Fsp3) is 0.500. The fourth-order valence-corrected chi connectivity index (χ4v) is 1.16. The number of hydrogen-bond acceptors (Lipinski definition) is 4. The van der Waals surface area contributed by atoms with Crippen LogP contribution in [-0.4, -0.2) is 25.8 Å². The van der Waals surface area contributed by atoms with Crippen LogP contribution < -0.4 is 0 Å². The van der Waals surface area contributed by atoms with Gasteiger partial charge in [0.1, 0.15) is 6.20 Å². The first-order valence-electron chi connectivity index (χ1n) is 4.37. The summed E-state index contributed by atoms with van der Waals surface area (Å²) >= 11 is 0. The lowest BCUT2D eigenvalue weighted by atomic mass is 10.2. The van der Waals surface area contributed by atoms with Gasteiger partial charge < -0.3 is 5.11 Å². The summed E-state index contributed by atoms with van der Waals surface area (Å²) in [6.45, 7) is 4.27. The molecule has 15 heavy (non-hydrogen) atoms. The van der Waals surface area contributed by atoms with Crippen molar-refractivity contribution in [3.05, 3.63) is 22.0 Å². The van der Waals surface area contributed by atoms with E-state index in [9.17, 15) is 14.9 Å². The lowest BCUT2D eigenvalue weighted by molar-refractivity contribution is -0.385. The Hall–Kier alpha value is -1.92. The molecule has 0 saturated heterocycles. The minimum Gasteiger partial charge on any atom is -0.476 e. The van der Waals surface area contributed by atoms with Crippen LogP contribution in [-0.2, 0) is 6.54 Å². The van der Waals surface area contributed by atoms with E-state index in [4.69, 9.17) is 5.11 Å². The van der Waals surface area contributed by atoms with Crippen LogP contribution >= 0.6 is 0 Å². The number of carboxylic acid groups (broad SMARTS) is 1. The second-order valence-electron chi connectivity index (χ2n) is 3.54. The molecule has 7 heteroatoms. The van der Waals surface area contributed by atoms with Crippen molar-refractivity contribution in [2.24, 2.45) is 5.92 Å². The van der Waals surface area contributed by atoms with E-state index < -0.39 is 22.3 Å². The van der Waals surface area contributed by atoms with Crippen molar-refractivity contribution in [1.29, 1.82) is 0 Å². The molecule has 7 nitrogen and oxygen atoms in total. The highest BCUT2D eigenvalue weighted by Crippen LogP contribution is 2.17. The van der Waals surface area contributed by atoms with E-state index >= 15 is 0 Å². The van der Waals surface area contributed by atoms with Crippen molar-refractivity contribution < 1.29 is 14.8 Å². The highest BCUT2D eigenvalue weighted by Gasteiger charge is 2.25. The zero-order chi connectivity index (χ0) is 11.6. The summed E-state index contributed by atoms with van der Waals surface area (Å²) in [5, 5.41) is 22.8. The molecule has 0 aliphatic carbocycles. The van der Waals surface area contributed by atoms with Crippen LogP contribution in [0.2, 0.25) is 0 Å². The standard InChI is InChI=1S/C8H11N3O4/c1-5(2)3-10-4-6(11(14)15)7(9-10)8(12)13/h4-5H,3H2,1-2H3,(H,12,13). The predicted octanol–water partition coefficient (Wildman–Crippen LogP) is 1.15. The van der Waals surface area contributed by atoms with E-state index in [1.54, 1.807) is 0 Å². The number of rotatable bonds is 4. The van der Waals surface area contributed by atoms with Crippen molar-refractivity contribution in [2.75, 3.05) is 0 Å². The van der Waals surface area contributed by atoms with Crippen LogP contribution in [0.1, 0.15) is 24.3 Å². The molecule has 0 aliphatic heterocycles. The zero-order valence-corrected chi connectivity index (χ0v) is 8.38. The predicted molar refractivity (Wildman–Crippen MR) is 50.7 cm³/mol. The number of aromatic carboxylic acids is 1. The van der Waals surface area contributed by atoms with Gasteiger partial charge in [-0.3, -0.25) is 14.8 Å². The molecule has 0 radical (unpaired) electrons. The number of nitrogens with zero attached hydrogens (tertiary/aromatic N) is 3. The largest absolute Gasteiger partial charge is 0.476 e. The van der Waals surface area contributed by atoms with E-state index in [0.717, 1.165) is 6.20 Å². The highest BCUT2D eigenvalue weighted by molar-refractivity contribution is 5.89. The Balaban J connectivity index is 3.09. The molecule has 0 spiro atoms.